The molecule has 1 aliphatic carbocycles. The topological polar surface area (TPSA) is 108 Å². The van der Waals surface area contributed by atoms with E-state index in [-0.39, 0.29) is 23.9 Å². The lowest BCUT2D eigenvalue weighted by Crippen LogP contribution is -2.33. The minimum Gasteiger partial charge on any atom is -0.481 e. The number of anilines is 2. The highest BCUT2D eigenvalue weighted by Gasteiger charge is 2.30. The van der Waals surface area contributed by atoms with Crippen molar-refractivity contribution < 1.29 is 19.5 Å². The molecule has 3 amide bonds. The summed E-state index contributed by atoms with van der Waals surface area (Å²) in [6, 6.07) is 15.1. The molecule has 1 saturated carbocycles. The minimum atomic E-state index is -0.809. The third kappa shape index (κ3) is 5.07. The van der Waals surface area contributed by atoms with Crippen LogP contribution < -0.4 is 16.0 Å². The second-order valence-corrected chi connectivity index (χ2v) is 6.54. The zero-order valence-electron chi connectivity index (χ0n) is 14.6. The number of aliphatic carboxylic acids is 1. The van der Waals surface area contributed by atoms with E-state index in [0.717, 1.165) is 0 Å². The molecule has 2 aromatic rings. The summed E-state index contributed by atoms with van der Waals surface area (Å²) < 4.78 is 0. The van der Waals surface area contributed by atoms with Crippen molar-refractivity contribution in [1.29, 1.82) is 0 Å². The zero-order chi connectivity index (χ0) is 19.2. The third-order valence-electron chi connectivity index (χ3n) is 4.55. The van der Waals surface area contributed by atoms with Gasteiger partial charge >= 0.3 is 12.0 Å². The van der Waals surface area contributed by atoms with Crippen LogP contribution in [0.4, 0.5) is 16.2 Å². The largest absolute Gasteiger partial charge is 0.481 e. The molecular formula is C20H21N3O4. The molecule has 7 heteroatoms. The fraction of sp³-hybridized carbons (Fsp3) is 0.250. The molecule has 0 radical (unpaired) electrons. The van der Waals surface area contributed by atoms with Crippen LogP contribution in [0.5, 0.6) is 0 Å². The van der Waals surface area contributed by atoms with Crippen molar-refractivity contribution in [3.63, 3.8) is 0 Å². The number of para-hydroxylation sites is 1. The average molecular weight is 367 g/mol. The van der Waals surface area contributed by atoms with E-state index in [1.165, 1.54) is 0 Å². The number of nitrogens with one attached hydrogen (secondary N) is 3. The van der Waals surface area contributed by atoms with Crippen molar-refractivity contribution in [2.75, 3.05) is 10.6 Å². The first kappa shape index (κ1) is 18.4. The van der Waals surface area contributed by atoms with Crippen LogP contribution in [0.2, 0.25) is 0 Å². The fourth-order valence-electron chi connectivity index (χ4n) is 3.13. The van der Waals surface area contributed by atoms with Crippen molar-refractivity contribution in [3.05, 3.63) is 60.2 Å². The van der Waals surface area contributed by atoms with Gasteiger partial charge in [-0.1, -0.05) is 18.2 Å². The molecule has 7 nitrogen and oxygen atoms in total. The molecule has 0 aliphatic heterocycles. The van der Waals surface area contributed by atoms with Gasteiger partial charge in [-0.05, 0) is 55.7 Å². The number of carbonyl (C=O) groups is 3. The lowest BCUT2D eigenvalue weighted by atomic mass is 10.1. The first-order chi connectivity index (χ1) is 13.0. The maximum atomic E-state index is 12.3. The second kappa shape index (κ2) is 8.35. The van der Waals surface area contributed by atoms with Gasteiger partial charge in [-0.25, -0.2) is 4.79 Å². The summed E-state index contributed by atoms with van der Waals surface area (Å²) in [7, 11) is 0. The van der Waals surface area contributed by atoms with Crippen LogP contribution in [0.1, 0.15) is 29.6 Å². The van der Waals surface area contributed by atoms with Gasteiger partial charge in [-0.2, -0.15) is 0 Å². The van der Waals surface area contributed by atoms with Crippen molar-refractivity contribution in [3.8, 4) is 0 Å². The first-order valence-electron chi connectivity index (χ1n) is 8.78. The number of carbonyl (C=O) groups excluding carboxylic acids is 2. The van der Waals surface area contributed by atoms with E-state index in [2.05, 4.69) is 16.0 Å². The Kier molecular flexibility index (Phi) is 5.71. The Morgan fingerprint density at radius 1 is 0.852 bits per heavy atom. The second-order valence-electron chi connectivity index (χ2n) is 6.54. The van der Waals surface area contributed by atoms with Crippen molar-refractivity contribution in [2.24, 2.45) is 5.92 Å². The van der Waals surface area contributed by atoms with Crippen LogP contribution in [-0.4, -0.2) is 29.1 Å². The molecular weight excluding hydrogens is 346 g/mol. The van der Waals surface area contributed by atoms with E-state index in [1.807, 2.05) is 18.2 Å². The maximum absolute atomic E-state index is 12.3. The van der Waals surface area contributed by atoms with Gasteiger partial charge in [0.15, 0.2) is 0 Å². The number of hydrogen-bond acceptors (Lipinski definition) is 3. The molecule has 4 N–H and O–H groups in total. The van der Waals surface area contributed by atoms with Crippen molar-refractivity contribution >= 4 is 29.3 Å². The number of carboxylic acids is 1. The number of urea groups is 1. The van der Waals surface area contributed by atoms with Crippen LogP contribution in [0, 0.1) is 5.92 Å². The molecule has 2 atom stereocenters. The first-order valence-corrected chi connectivity index (χ1v) is 8.78. The molecule has 0 spiro atoms. The van der Waals surface area contributed by atoms with Gasteiger partial charge in [0.25, 0.3) is 5.91 Å². The summed E-state index contributed by atoms with van der Waals surface area (Å²) in [6.07, 6.45) is 1.71. The van der Waals surface area contributed by atoms with Crippen molar-refractivity contribution in [2.45, 2.75) is 25.3 Å². The normalized spacial score (nSPS) is 18.5. The van der Waals surface area contributed by atoms with E-state index >= 15 is 0 Å². The number of carboxylic acid groups (broad SMARTS) is 1. The highest BCUT2D eigenvalue weighted by atomic mass is 16.4. The number of rotatable bonds is 5. The molecule has 0 unspecified atom stereocenters. The Hall–Kier alpha value is -3.35. The molecule has 1 fully saturated rings. The van der Waals surface area contributed by atoms with Gasteiger partial charge in [0.1, 0.15) is 0 Å². The van der Waals surface area contributed by atoms with Gasteiger partial charge in [-0.15, -0.1) is 0 Å². The van der Waals surface area contributed by atoms with Crippen LogP contribution in [0.15, 0.2) is 54.6 Å². The van der Waals surface area contributed by atoms with Gasteiger partial charge in [0, 0.05) is 23.0 Å². The number of amides is 3. The third-order valence-corrected chi connectivity index (χ3v) is 4.55. The van der Waals surface area contributed by atoms with Crippen LogP contribution >= 0.6 is 0 Å². The van der Waals surface area contributed by atoms with Gasteiger partial charge in [-0.3, -0.25) is 9.59 Å². The Morgan fingerprint density at radius 2 is 1.48 bits per heavy atom. The Morgan fingerprint density at radius 3 is 2.07 bits per heavy atom. The Labute approximate surface area is 156 Å². The molecule has 0 bridgehead atoms. The standard InChI is InChI=1S/C20H21N3O4/c24-18(21-17-11-8-14(12-17)19(25)26)13-6-9-16(10-7-13)23-20(27)22-15-4-2-1-3-5-15/h1-7,9-10,14,17H,8,11-12H2,(H,21,24)(H,25,26)(H2,22,23,27)/t14-,17+/m0/s1. The van der Waals surface area contributed by atoms with E-state index in [9.17, 15) is 14.4 Å². The summed E-state index contributed by atoms with van der Waals surface area (Å²) in [4.78, 5) is 35.3. The lowest BCUT2D eigenvalue weighted by molar-refractivity contribution is -0.141. The van der Waals surface area contributed by atoms with Gasteiger partial charge in [0.05, 0.1) is 5.92 Å². The number of benzene rings is 2. The monoisotopic (exact) mass is 367 g/mol. The van der Waals surface area contributed by atoms with Gasteiger partial charge < -0.3 is 21.1 Å². The fourth-order valence-corrected chi connectivity index (χ4v) is 3.13. The Balaban J connectivity index is 1.51. The van der Waals surface area contributed by atoms with Crippen molar-refractivity contribution in [1.82, 2.24) is 5.32 Å². The quantitative estimate of drug-likeness (QED) is 0.650. The summed E-state index contributed by atoms with van der Waals surface area (Å²) in [6.45, 7) is 0. The molecule has 0 saturated heterocycles. The highest BCUT2D eigenvalue weighted by Crippen LogP contribution is 2.26. The summed E-state index contributed by atoms with van der Waals surface area (Å²) >= 11 is 0. The van der Waals surface area contributed by atoms with E-state index in [4.69, 9.17) is 5.11 Å². The Bertz CT molecular complexity index is 821. The van der Waals surface area contributed by atoms with Crippen LogP contribution in [0.25, 0.3) is 0 Å². The molecule has 0 aromatic heterocycles. The predicted octanol–water partition coefficient (Wildman–Crippen LogP) is 3.31. The van der Waals surface area contributed by atoms with Crippen LogP contribution in [-0.2, 0) is 4.79 Å². The molecule has 1 aliphatic rings. The SMILES string of the molecule is O=C(Nc1ccccc1)Nc1ccc(C(=O)N[C@@H]2CC[C@H](C(=O)O)C2)cc1. The van der Waals surface area contributed by atoms with Gasteiger partial charge in [0.2, 0.25) is 0 Å². The zero-order valence-corrected chi connectivity index (χ0v) is 14.6. The maximum Gasteiger partial charge on any atom is 0.323 e. The summed E-state index contributed by atoms with van der Waals surface area (Å²) in [5.74, 6) is -1.44. The van der Waals surface area contributed by atoms with Crippen LogP contribution in [0.3, 0.4) is 0 Å². The molecule has 27 heavy (non-hydrogen) atoms. The molecule has 140 valence electrons. The molecule has 3 rings (SSSR count). The predicted molar refractivity (Wildman–Crippen MR) is 102 cm³/mol. The van der Waals surface area contributed by atoms with E-state index < -0.39 is 5.97 Å². The molecule has 2 aromatic carbocycles. The lowest BCUT2D eigenvalue weighted by Gasteiger charge is -2.13. The highest BCUT2D eigenvalue weighted by molar-refractivity contribution is 6.00. The van der Waals surface area contributed by atoms with E-state index in [1.54, 1.807) is 36.4 Å². The average Bonchev–Trinajstić information content (AvgIpc) is 3.12. The minimum absolute atomic E-state index is 0.118. The summed E-state index contributed by atoms with van der Waals surface area (Å²) in [5.41, 5.74) is 1.71. The van der Waals surface area contributed by atoms with E-state index in [0.29, 0.717) is 36.2 Å². The number of hydrogen-bond donors (Lipinski definition) is 4. The molecule has 0 heterocycles. The smallest absolute Gasteiger partial charge is 0.323 e. The summed E-state index contributed by atoms with van der Waals surface area (Å²) in [5, 5.41) is 17.3.